The topological polar surface area (TPSA) is 30.7 Å². The van der Waals surface area contributed by atoms with Crippen molar-refractivity contribution in [2.24, 2.45) is 0 Å². The molecule has 0 radical (unpaired) electrons. The Hall–Kier alpha value is -1.81. The molecule has 0 amide bonds. The molecule has 1 fully saturated rings. The van der Waals surface area contributed by atoms with Crippen LogP contribution in [-0.4, -0.2) is 26.0 Å². The Bertz CT molecular complexity index is 786. The Morgan fingerprint density at radius 1 is 1.23 bits per heavy atom. The van der Waals surface area contributed by atoms with Gasteiger partial charge in [-0.15, -0.1) is 0 Å². The molecule has 0 N–H and O–H groups in total. The second-order valence-corrected chi connectivity index (χ2v) is 7.07. The van der Waals surface area contributed by atoms with Gasteiger partial charge in [-0.05, 0) is 36.8 Å². The number of hydrogen-bond acceptors (Lipinski definition) is 3. The third kappa shape index (κ3) is 2.52. The summed E-state index contributed by atoms with van der Waals surface area (Å²) in [5, 5.41) is 0. The molecule has 22 heavy (non-hydrogen) atoms. The summed E-state index contributed by atoms with van der Waals surface area (Å²) >= 11 is 2.03. The zero-order valence-electron chi connectivity index (χ0n) is 12.7. The molecule has 1 aliphatic rings. The largest absolute Gasteiger partial charge is 0.308 e. The molecule has 1 atom stereocenters. The molecule has 4 heteroatoms. The SMILES string of the molecule is Cc1ccc(Cc2nc3cccnc3n2C2CCSC2)cc1. The molecule has 3 nitrogen and oxygen atoms in total. The summed E-state index contributed by atoms with van der Waals surface area (Å²) in [6, 6.07) is 13.3. The van der Waals surface area contributed by atoms with Gasteiger partial charge in [-0.25, -0.2) is 9.97 Å². The van der Waals surface area contributed by atoms with Crippen molar-refractivity contribution in [3.05, 3.63) is 59.5 Å². The highest BCUT2D eigenvalue weighted by Gasteiger charge is 2.23. The Morgan fingerprint density at radius 3 is 2.86 bits per heavy atom. The quantitative estimate of drug-likeness (QED) is 0.732. The lowest BCUT2D eigenvalue weighted by atomic mass is 10.1. The highest BCUT2D eigenvalue weighted by molar-refractivity contribution is 7.99. The van der Waals surface area contributed by atoms with Gasteiger partial charge in [0.05, 0.1) is 0 Å². The van der Waals surface area contributed by atoms with E-state index >= 15 is 0 Å². The lowest BCUT2D eigenvalue weighted by Crippen LogP contribution is -2.12. The molecule has 0 bridgehead atoms. The molecule has 0 saturated carbocycles. The van der Waals surface area contributed by atoms with Gasteiger partial charge in [-0.2, -0.15) is 11.8 Å². The lowest BCUT2D eigenvalue weighted by Gasteiger charge is -2.15. The van der Waals surface area contributed by atoms with Gasteiger partial charge in [0.2, 0.25) is 0 Å². The normalized spacial score (nSPS) is 18.1. The molecule has 1 saturated heterocycles. The average Bonchev–Trinajstić information content (AvgIpc) is 3.16. The van der Waals surface area contributed by atoms with Gasteiger partial charge in [-0.1, -0.05) is 29.8 Å². The van der Waals surface area contributed by atoms with Crippen molar-refractivity contribution >= 4 is 22.9 Å². The second-order valence-electron chi connectivity index (χ2n) is 5.92. The van der Waals surface area contributed by atoms with E-state index in [1.165, 1.54) is 29.1 Å². The van der Waals surface area contributed by atoms with E-state index in [2.05, 4.69) is 46.8 Å². The predicted molar refractivity (Wildman–Crippen MR) is 92.5 cm³/mol. The number of aryl methyl sites for hydroxylation is 1. The number of benzene rings is 1. The van der Waals surface area contributed by atoms with Gasteiger partial charge in [0.15, 0.2) is 5.65 Å². The minimum atomic E-state index is 0.533. The van der Waals surface area contributed by atoms with Crippen LogP contribution >= 0.6 is 11.8 Å². The van der Waals surface area contributed by atoms with Crippen LogP contribution in [0.2, 0.25) is 0 Å². The Kier molecular flexibility index (Phi) is 3.62. The van der Waals surface area contributed by atoms with Crippen LogP contribution in [0.15, 0.2) is 42.6 Å². The van der Waals surface area contributed by atoms with Crippen molar-refractivity contribution in [2.75, 3.05) is 11.5 Å². The Balaban J connectivity index is 1.78. The number of hydrogen-bond donors (Lipinski definition) is 0. The van der Waals surface area contributed by atoms with Crippen molar-refractivity contribution in [2.45, 2.75) is 25.8 Å². The molecule has 0 spiro atoms. The molecular weight excluding hydrogens is 290 g/mol. The fourth-order valence-electron chi connectivity index (χ4n) is 3.10. The van der Waals surface area contributed by atoms with Crippen LogP contribution in [0.5, 0.6) is 0 Å². The van der Waals surface area contributed by atoms with Crippen LogP contribution in [0, 0.1) is 6.92 Å². The summed E-state index contributed by atoms with van der Waals surface area (Å²) in [5.41, 5.74) is 4.66. The van der Waals surface area contributed by atoms with E-state index in [9.17, 15) is 0 Å². The summed E-state index contributed by atoms with van der Waals surface area (Å²) in [6.07, 6.45) is 3.96. The van der Waals surface area contributed by atoms with Crippen molar-refractivity contribution in [3.63, 3.8) is 0 Å². The molecular formula is C18H19N3S. The van der Waals surface area contributed by atoms with Gasteiger partial charge < -0.3 is 4.57 Å². The number of pyridine rings is 1. The van der Waals surface area contributed by atoms with E-state index < -0.39 is 0 Å². The maximum absolute atomic E-state index is 4.87. The van der Waals surface area contributed by atoms with Crippen molar-refractivity contribution in [1.29, 1.82) is 0 Å². The van der Waals surface area contributed by atoms with E-state index in [-0.39, 0.29) is 0 Å². The molecule has 4 rings (SSSR count). The van der Waals surface area contributed by atoms with Gasteiger partial charge in [0.1, 0.15) is 11.3 Å². The molecule has 0 aliphatic carbocycles. The van der Waals surface area contributed by atoms with Crippen LogP contribution in [0.1, 0.15) is 29.4 Å². The number of thioether (sulfide) groups is 1. The monoisotopic (exact) mass is 309 g/mol. The van der Waals surface area contributed by atoms with Gasteiger partial charge in [0, 0.05) is 24.4 Å². The van der Waals surface area contributed by atoms with Gasteiger partial charge in [0.25, 0.3) is 0 Å². The molecule has 1 aromatic carbocycles. The summed E-state index contributed by atoms with van der Waals surface area (Å²) in [4.78, 5) is 9.46. The van der Waals surface area contributed by atoms with Gasteiger partial charge >= 0.3 is 0 Å². The summed E-state index contributed by atoms with van der Waals surface area (Å²) in [5.74, 6) is 3.55. The highest BCUT2D eigenvalue weighted by atomic mass is 32.2. The summed E-state index contributed by atoms with van der Waals surface area (Å²) in [7, 11) is 0. The third-order valence-electron chi connectivity index (χ3n) is 4.28. The van der Waals surface area contributed by atoms with Gasteiger partial charge in [-0.3, -0.25) is 0 Å². The number of rotatable bonds is 3. The average molecular weight is 309 g/mol. The summed E-state index contributed by atoms with van der Waals surface area (Å²) in [6.45, 7) is 2.12. The maximum Gasteiger partial charge on any atom is 0.160 e. The molecule has 1 unspecified atom stereocenters. The fraction of sp³-hybridized carbons (Fsp3) is 0.333. The van der Waals surface area contributed by atoms with E-state index in [1.807, 2.05) is 24.0 Å². The molecule has 112 valence electrons. The Morgan fingerprint density at radius 2 is 2.09 bits per heavy atom. The highest BCUT2D eigenvalue weighted by Crippen LogP contribution is 2.32. The maximum atomic E-state index is 4.87. The standard InChI is InChI=1S/C18H19N3S/c1-13-4-6-14(7-5-13)11-17-20-16-3-2-9-19-18(16)21(17)15-8-10-22-12-15/h2-7,9,15H,8,10-12H2,1H3. The Labute approximate surface area is 134 Å². The number of aromatic nitrogens is 3. The van der Waals surface area contributed by atoms with Crippen LogP contribution < -0.4 is 0 Å². The number of nitrogens with zero attached hydrogens (tertiary/aromatic N) is 3. The first-order valence-corrected chi connectivity index (χ1v) is 8.92. The zero-order chi connectivity index (χ0) is 14.9. The first-order valence-electron chi connectivity index (χ1n) is 7.76. The van der Waals surface area contributed by atoms with Crippen molar-refractivity contribution in [3.8, 4) is 0 Å². The molecule has 1 aliphatic heterocycles. The van der Waals surface area contributed by atoms with Crippen LogP contribution in [0.4, 0.5) is 0 Å². The first kappa shape index (κ1) is 13.8. The van der Waals surface area contributed by atoms with Crippen LogP contribution in [-0.2, 0) is 6.42 Å². The van der Waals surface area contributed by atoms with E-state index in [0.717, 1.165) is 23.4 Å². The second kappa shape index (κ2) is 5.76. The number of imidazole rings is 1. The van der Waals surface area contributed by atoms with E-state index in [1.54, 1.807) is 0 Å². The molecule has 3 heterocycles. The zero-order valence-corrected chi connectivity index (χ0v) is 13.5. The molecule has 3 aromatic rings. The van der Waals surface area contributed by atoms with Crippen molar-refractivity contribution < 1.29 is 0 Å². The predicted octanol–water partition coefficient (Wildman–Crippen LogP) is 4.01. The summed E-state index contributed by atoms with van der Waals surface area (Å²) < 4.78 is 2.38. The van der Waals surface area contributed by atoms with E-state index in [4.69, 9.17) is 4.98 Å². The minimum Gasteiger partial charge on any atom is -0.308 e. The smallest absolute Gasteiger partial charge is 0.160 e. The van der Waals surface area contributed by atoms with E-state index in [0.29, 0.717) is 6.04 Å². The number of fused-ring (bicyclic) bond motifs is 1. The van der Waals surface area contributed by atoms with Crippen LogP contribution in [0.3, 0.4) is 0 Å². The van der Waals surface area contributed by atoms with Crippen LogP contribution in [0.25, 0.3) is 11.2 Å². The fourth-order valence-corrected chi connectivity index (χ4v) is 4.29. The lowest BCUT2D eigenvalue weighted by molar-refractivity contribution is 0.550. The van der Waals surface area contributed by atoms with Crippen molar-refractivity contribution in [1.82, 2.24) is 14.5 Å². The minimum absolute atomic E-state index is 0.533. The third-order valence-corrected chi connectivity index (χ3v) is 5.42. The molecule has 2 aromatic heterocycles. The first-order chi connectivity index (χ1) is 10.8.